The van der Waals surface area contributed by atoms with Gasteiger partial charge < -0.3 is 0 Å². The van der Waals surface area contributed by atoms with Crippen molar-refractivity contribution in [1.82, 2.24) is 0 Å². The number of nitrogens with zero attached hydrogens (tertiary/aromatic N) is 2. The molecule has 0 saturated carbocycles. The zero-order valence-electron chi connectivity index (χ0n) is 12.5. The molecule has 0 saturated heterocycles. The van der Waals surface area contributed by atoms with Crippen LogP contribution < -0.4 is 0 Å². The number of amidine groups is 1. The van der Waals surface area contributed by atoms with Gasteiger partial charge >= 0.3 is 0 Å². The van der Waals surface area contributed by atoms with Gasteiger partial charge in [0.1, 0.15) is 0 Å². The number of rotatable bonds is 1. The molecule has 1 heterocycles. The molecule has 96 valence electrons. The first kappa shape index (κ1) is 13.0. The van der Waals surface area contributed by atoms with Crippen LogP contribution in [0.4, 0.5) is 0 Å². The standard InChI is InChI=1S/C16H23N2/c1-9-8-15(12(4)11(3)10(9)2)16-13(5)18(7)14(6)17-16/h8,13H,1-7H3/q+1. The Kier molecular flexibility index (Phi) is 3.14. The second kappa shape index (κ2) is 4.34. The molecular weight excluding hydrogens is 220 g/mol. The summed E-state index contributed by atoms with van der Waals surface area (Å²) in [6, 6.07) is 2.66. The van der Waals surface area contributed by atoms with Crippen LogP contribution in [0.2, 0.25) is 0 Å². The lowest BCUT2D eigenvalue weighted by molar-refractivity contribution is -0.512. The van der Waals surface area contributed by atoms with E-state index in [-0.39, 0.29) is 0 Å². The summed E-state index contributed by atoms with van der Waals surface area (Å²) in [5.74, 6) is 1.10. The van der Waals surface area contributed by atoms with Crippen LogP contribution in [0.3, 0.4) is 0 Å². The number of likely N-dealkylation sites (N-methyl/N-ethyl adjacent to an activating group) is 1. The Balaban J connectivity index is 2.59. The third kappa shape index (κ3) is 1.80. The Morgan fingerprint density at radius 2 is 1.61 bits per heavy atom. The average molecular weight is 243 g/mol. The summed E-state index contributed by atoms with van der Waals surface area (Å²) < 4.78 is 2.24. The molecule has 1 unspecified atom stereocenters. The van der Waals surface area contributed by atoms with Gasteiger partial charge in [-0.15, -0.1) is 0 Å². The van der Waals surface area contributed by atoms with Crippen molar-refractivity contribution >= 4 is 11.5 Å². The van der Waals surface area contributed by atoms with E-state index in [1.54, 1.807) is 0 Å². The Bertz CT molecular complexity index is 577. The molecule has 0 radical (unpaired) electrons. The predicted molar refractivity (Wildman–Crippen MR) is 78.3 cm³/mol. The van der Waals surface area contributed by atoms with Gasteiger partial charge in [-0.2, -0.15) is 0 Å². The van der Waals surface area contributed by atoms with Crippen LogP contribution in [0.25, 0.3) is 0 Å². The minimum Gasteiger partial charge on any atom is -0.255 e. The summed E-state index contributed by atoms with van der Waals surface area (Å²) in [6.45, 7) is 13.1. The van der Waals surface area contributed by atoms with Crippen molar-refractivity contribution in [3.05, 3.63) is 33.9 Å². The van der Waals surface area contributed by atoms with Crippen molar-refractivity contribution in [3.63, 3.8) is 0 Å². The Morgan fingerprint density at radius 3 is 2.11 bits per heavy atom. The maximum Gasteiger partial charge on any atom is 0.291 e. The largest absolute Gasteiger partial charge is 0.291 e. The smallest absolute Gasteiger partial charge is 0.255 e. The number of benzene rings is 1. The van der Waals surface area contributed by atoms with Gasteiger partial charge in [0, 0.05) is 12.5 Å². The summed E-state index contributed by atoms with van der Waals surface area (Å²) in [6.07, 6.45) is 0. The fourth-order valence-electron chi connectivity index (χ4n) is 2.57. The minimum atomic E-state index is 0.366. The maximum absolute atomic E-state index is 4.75. The highest BCUT2D eigenvalue weighted by molar-refractivity contribution is 6.12. The van der Waals surface area contributed by atoms with Crippen molar-refractivity contribution in [1.29, 1.82) is 0 Å². The lowest BCUT2D eigenvalue weighted by Crippen LogP contribution is -2.26. The van der Waals surface area contributed by atoms with Crippen LogP contribution in [0.1, 0.15) is 41.7 Å². The van der Waals surface area contributed by atoms with E-state index in [1.165, 1.54) is 33.5 Å². The Labute approximate surface area is 110 Å². The van der Waals surface area contributed by atoms with Crippen LogP contribution in [0, 0.1) is 27.7 Å². The fourth-order valence-corrected chi connectivity index (χ4v) is 2.57. The van der Waals surface area contributed by atoms with E-state index >= 15 is 0 Å². The highest BCUT2D eigenvalue weighted by Crippen LogP contribution is 2.24. The second-order valence-electron chi connectivity index (χ2n) is 5.45. The molecule has 0 spiro atoms. The fraction of sp³-hybridized carbons (Fsp3) is 0.500. The number of aliphatic imine (C=N–C) groups is 1. The first-order valence-electron chi connectivity index (χ1n) is 6.57. The zero-order chi connectivity index (χ0) is 13.6. The van der Waals surface area contributed by atoms with Crippen LogP contribution in [0.5, 0.6) is 0 Å². The van der Waals surface area contributed by atoms with Crippen LogP contribution in [-0.2, 0) is 0 Å². The Hall–Kier alpha value is -1.44. The van der Waals surface area contributed by atoms with Gasteiger partial charge in [0.05, 0.1) is 7.05 Å². The van der Waals surface area contributed by atoms with Gasteiger partial charge in [-0.05, 0) is 67.9 Å². The molecule has 1 aromatic carbocycles. The van der Waals surface area contributed by atoms with E-state index in [0.29, 0.717) is 6.04 Å². The van der Waals surface area contributed by atoms with E-state index in [1.807, 2.05) is 0 Å². The van der Waals surface area contributed by atoms with E-state index < -0.39 is 0 Å². The minimum absolute atomic E-state index is 0.366. The monoisotopic (exact) mass is 243 g/mol. The summed E-state index contributed by atoms with van der Waals surface area (Å²) in [5.41, 5.74) is 8.04. The lowest BCUT2D eigenvalue weighted by atomic mass is 9.90. The molecule has 0 bridgehead atoms. The van der Waals surface area contributed by atoms with E-state index in [4.69, 9.17) is 4.99 Å². The van der Waals surface area contributed by atoms with Gasteiger partial charge in [0.25, 0.3) is 5.84 Å². The van der Waals surface area contributed by atoms with E-state index in [9.17, 15) is 0 Å². The summed E-state index contributed by atoms with van der Waals surface area (Å²) >= 11 is 0. The molecule has 2 nitrogen and oxygen atoms in total. The molecule has 0 N–H and O–H groups in total. The summed E-state index contributed by atoms with van der Waals surface area (Å²) in [7, 11) is 2.11. The molecule has 0 amide bonds. The average Bonchev–Trinajstić information content (AvgIpc) is 2.59. The number of hydrogen-bond donors (Lipinski definition) is 0. The number of hydrogen-bond acceptors (Lipinski definition) is 1. The summed E-state index contributed by atoms with van der Waals surface area (Å²) in [4.78, 5) is 4.75. The molecule has 1 aromatic rings. The number of aryl methyl sites for hydroxylation is 1. The van der Waals surface area contributed by atoms with Gasteiger partial charge in [0.2, 0.25) is 5.71 Å². The van der Waals surface area contributed by atoms with Crippen molar-refractivity contribution < 1.29 is 4.58 Å². The van der Waals surface area contributed by atoms with Gasteiger partial charge in [-0.25, -0.2) is 0 Å². The van der Waals surface area contributed by atoms with Crippen molar-refractivity contribution in [2.24, 2.45) is 4.99 Å². The molecule has 18 heavy (non-hydrogen) atoms. The normalized spacial score (nSPS) is 19.5. The van der Waals surface area contributed by atoms with Gasteiger partial charge in [-0.1, -0.05) is 0 Å². The highest BCUT2D eigenvalue weighted by atomic mass is 15.1. The molecule has 1 aliphatic heterocycles. The molecule has 0 aliphatic carbocycles. The molecule has 0 aromatic heterocycles. The Morgan fingerprint density at radius 1 is 1.00 bits per heavy atom. The highest BCUT2D eigenvalue weighted by Gasteiger charge is 2.32. The first-order chi connectivity index (χ1) is 8.34. The zero-order valence-corrected chi connectivity index (χ0v) is 12.5. The van der Waals surface area contributed by atoms with Crippen molar-refractivity contribution in [2.45, 2.75) is 47.6 Å². The van der Waals surface area contributed by atoms with E-state index in [0.717, 1.165) is 5.84 Å². The SMILES string of the molecule is CC1=[N+](C)C(C)C(c2cc(C)c(C)c(C)c2C)=N1. The predicted octanol–water partition coefficient (Wildman–Crippen LogP) is 3.17. The molecule has 1 aliphatic rings. The van der Waals surface area contributed by atoms with Crippen LogP contribution in [0.15, 0.2) is 11.1 Å². The van der Waals surface area contributed by atoms with Crippen LogP contribution >= 0.6 is 0 Å². The lowest BCUT2D eigenvalue weighted by Gasteiger charge is -2.14. The quantitative estimate of drug-likeness (QED) is 0.673. The maximum atomic E-state index is 4.75. The van der Waals surface area contributed by atoms with Crippen molar-refractivity contribution in [2.75, 3.05) is 7.05 Å². The molecule has 0 fully saturated rings. The van der Waals surface area contributed by atoms with Gasteiger partial charge in [0.15, 0.2) is 6.04 Å². The van der Waals surface area contributed by atoms with E-state index in [2.05, 4.69) is 59.2 Å². The molecular formula is C16H23N2+. The summed E-state index contributed by atoms with van der Waals surface area (Å²) in [5, 5.41) is 0. The first-order valence-corrected chi connectivity index (χ1v) is 6.57. The molecule has 1 atom stereocenters. The third-order valence-electron chi connectivity index (χ3n) is 4.53. The molecule has 2 rings (SSSR count). The van der Waals surface area contributed by atoms with Gasteiger partial charge in [-0.3, -0.25) is 4.58 Å². The van der Waals surface area contributed by atoms with Crippen molar-refractivity contribution in [3.8, 4) is 0 Å². The van der Waals surface area contributed by atoms with Crippen LogP contribution in [-0.4, -0.2) is 29.2 Å². The topological polar surface area (TPSA) is 15.4 Å². The third-order valence-corrected chi connectivity index (χ3v) is 4.53. The molecule has 2 heteroatoms. The second-order valence-corrected chi connectivity index (χ2v) is 5.45.